The van der Waals surface area contributed by atoms with Gasteiger partial charge in [-0.05, 0) is 47.6 Å². The molecule has 1 atom stereocenters. The minimum absolute atomic E-state index is 0.463. The first-order chi connectivity index (χ1) is 9.76. The van der Waals surface area contributed by atoms with Gasteiger partial charge in [-0.15, -0.1) is 0 Å². The molecule has 2 aromatic rings. The van der Waals surface area contributed by atoms with Crippen LogP contribution in [-0.4, -0.2) is 12.2 Å². The highest BCUT2D eigenvalue weighted by Gasteiger charge is 2.23. The van der Waals surface area contributed by atoms with Crippen molar-refractivity contribution in [2.45, 2.75) is 31.3 Å². The summed E-state index contributed by atoms with van der Waals surface area (Å²) in [4.78, 5) is 0. The number of aliphatic hydroxyl groups excluding tert-OH is 1. The average molecular weight is 268 g/mol. The number of aliphatic hydroxyl groups is 1. The van der Waals surface area contributed by atoms with Gasteiger partial charge < -0.3 is 9.84 Å². The summed E-state index contributed by atoms with van der Waals surface area (Å²) >= 11 is 0. The van der Waals surface area contributed by atoms with Gasteiger partial charge >= 0.3 is 0 Å². The summed E-state index contributed by atoms with van der Waals surface area (Å²) in [5.74, 6) is 1.60. The Morgan fingerprint density at radius 1 is 1.15 bits per heavy atom. The highest BCUT2D eigenvalue weighted by Crippen LogP contribution is 2.40. The van der Waals surface area contributed by atoms with Crippen molar-refractivity contribution in [3.05, 3.63) is 65.2 Å². The summed E-state index contributed by atoms with van der Waals surface area (Å²) < 4.78 is 5.21. The molecular weight excluding hydrogens is 248 g/mol. The number of benzene rings is 2. The van der Waals surface area contributed by atoms with E-state index in [0.717, 1.165) is 22.8 Å². The van der Waals surface area contributed by atoms with Crippen LogP contribution in [0.15, 0.2) is 48.5 Å². The van der Waals surface area contributed by atoms with Crippen LogP contribution in [0.4, 0.5) is 0 Å². The largest absolute Gasteiger partial charge is 0.497 e. The molecule has 0 bridgehead atoms. The zero-order valence-electron chi connectivity index (χ0n) is 11.8. The van der Waals surface area contributed by atoms with E-state index in [1.807, 2.05) is 24.3 Å². The molecule has 104 valence electrons. The van der Waals surface area contributed by atoms with Crippen molar-refractivity contribution in [2.75, 3.05) is 7.11 Å². The zero-order valence-corrected chi connectivity index (χ0v) is 11.8. The van der Waals surface area contributed by atoms with Crippen molar-refractivity contribution in [1.29, 1.82) is 0 Å². The summed E-state index contributed by atoms with van der Waals surface area (Å²) in [6.07, 6.45) is 2.77. The third kappa shape index (κ3) is 3.02. The molecule has 0 heterocycles. The Morgan fingerprint density at radius 3 is 2.55 bits per heavy atom. The van der Waals surface area contributed by atoms with Crippen LogP contribution in [-0.2, 0) is 6.42 Å². The summed E-state index contributed by atoms with van der Waals surface area (Å²) in [6.45, 7) is 0. The number of hydrogen-bond acceptors (Lipinski definition) is 2. The van der Waals surface area contributed by atoms with Crippen molar-refractivity contribution in [1.82, 2.24) is 0 Å². The Morgan fingerprint density at radius 2 is 1.90 bits per heavy atom. The van der Waals surface area contributed by atoms with Gasteiger partial charge in [-0.2, -0.15) is 0 Å². The van der Waals surface area contributed by atoms with Gasteiger partial charge in [-0.1, -0.05) is 36.4 Å². The zero-order chi connectivity index (χ0) is 13.9. The maximum Gasteiger partial charge on any atom is 0.119 e. The lowest BCUT2D eigenvalue weighted by atomic mass is 9.99. The molecule has 20 heavy (non-hydrogen) atoms. The Balaban J connectivity index is 1.69. The topological polar surface area (TPSA) is 29.5 Å². The Labute approximate surface area is 120 Å². The molecule has 2 heteroatoms. The minimum atomic E-state index is -0.463. The van der Waals surface area contributed by atoms with Crippen LogP contribution in [0.25, 0.3) is 0 Å². The predicted octanol–water partition coefficient (Wildman–Crippen LogP) is 3.85. The Bertz CT molecular complexity index is 570. The lowest BCUT2D eigenvalue weighted by Crippen LogP contribution is -2.02. The molecule has 1 unspecified atom stereocenters. The van der Waals surface area contributed by atoms with Gasteiger partial charge in [0.25, 0.3) is 0 Å². The fraction of sp³-hybridized carbons (Fsp3) is 0.333. The maximum absolute atomic E-state index is 10.3. The van der Waals surface area contributed by atoms with Gasteiger partial charge in [0.2, 0.25) is 0 Å². The van der Waals surface area contributed by atoms with Crippen LogP contribution in [0.1, 0.15) is 41.6 Å². The first kappa shape index (κ1) is 13.2. The Kier molecular flexibility index (Phi) is 3.75. The van der Waals surface area contributed by atoms with Gasteiger partial charge in [0.1, 0.15) is 5.75 Å². The molecule has 0 aliphatic heterocycles. The smallest absolute Gasteiger partial charge is 0.119 e. The van der Waals surface area contributed by atoms with Gasteiger partial charge in [-0.25, -0.2) is 0 Å². The van der Waals surface area contributed by atoms with Crippen LogP contribution in [0, 0.1) is 0 Å². The normalized spacial score (nSPS) is 15.9. The number of hydrogen-bond donors (Lipinski definition) is 1. The molecule has 2 aromatic carbocycles. The lowest BCUT2D eigenvalue weighted by Gasteiger charge is -2.12. The molecule has 1 aliphatic rings. The van der Waals surface area contributed by atoms with E-state index in [1.54, 1.807) is 7.11 Å². The van der Waals surface area contributed by atoms with Gasteiger partial charge in [0.05, 0.1) is 13.2 Å². The molecule has 1 saturated carbocycles. The monoisotopic (exact) mass is 268 g/mol. The van der Waals surface area contributed by atoms with E-state index in [1.165, 1.54) is 18.4 Å². The Hall–Kier alpha value is -1.80. The van der Waals surface area contributed by atoms with Crippen molar-refractivity contribution >= 4 is 0 Å². The van der Waals surface area contributed by atoms with Gasteiger partial charge in [0, 0.05) is 6.42 Å². The molecule has 1 fully saturated rings. The average Bonchev–Trinajstić information content (AvgIpc) is 3.32. The third-order valence-electron chi connectivity index (χ3n) is 3.93. The first-order valence-electron chi connectivity index (χ1n) is 7.17. The van der Waals surface area contributed by atoms with Gasteiger partial charge in [-0.3, -0.25) is 0 Å². The molecule has 0 radical (unpaired) electrons. The quantitative estimate of drug-likeness (QED) is 0.892. The fourth-order valence-corrected chi connectivity index (χ4v) is 2.55. The van der Waals surface area contributed by atoms with Gasteiger partial charge in [0.15, 0.2) is 0 Å². The summed E-state index contributed by atoms with van der Waals surface area (Å²) in [7, 11) is 1.66. The molecule has 0 amide bonds. The van der Waals surface area contributed by atoms with Crippen LogP contribution < -0.4 is 4.74 Å². The van der Waals surface area contributed by atoms with Crippen molar-refractivity contribution in [2.24, 2.45) is 0 Å². The van der Waals surface area contributed by atoms with Crippen molar-refractivity contribution < 1.29 is 9.84 Å². The molecule has 0 aromatic heterocycles. The SMILES string of the molecule is COc1cccc(CC(O)c2ccc(C3CC3)cc2)c1. The minimum Gasteiger partial charge on any atom is -0.497 e. The second-order valence-corrected chi connectivity index (χ2v) is 5.51. The fourth-order valence-electron chi connectivity index (χ4n) is 2.55. The van der Waals surface area contributed by atoms with Crippen LogP contribution >= 0.6 is 0 Å². The summed E-state index contributed by atoms with van der Waals surface area (Å²) in [5, 5.41) is 10.3. The molecule has 1 aliphatic carbocycles. The molecular formula is C18H20O2. The van der Waals surface area contributed by atoms with Crippen LogP contribution in [0.3, 0.4) is 0 Å². The van der Waals surface area contributed by atoms with E-state index < -0.39 is 6.10 Å². The molecule has 0 spiro atoms. The van der Waals surface area contributed by atoms with E-state index in [4.69, 9.17) is 4.74 Å². The van der Waals surface area contributed by atoms with E-state index in [0.29, 0.717) is 6.42 Å². The molecule has 2 nitrogen and oxygen atoms in total. The lowest BCUT2D eigenvalue weighted by molar-refractivity contribution is 0.178. The standard InChI is InChI=1S/C18H20O2/c1-20-17-4-2-3-13(11-17)12-18(19)16-9-7-15(8-10-16)14-5-6-14/h2-4,7-11,14,18-19H,5-6,12H2,1H3. The van der Waals surface area contributed by atoms with Crippen molar-refractivity contribution in [3.8, 4) is 5.75 Å². The summed E-state index contributed by atoms with van der Waals surface area (Å²) in [6, 6.07) is 16.3. The van der Waals surface area contributed by atoms with E-state index >= 15 is 0 Å². The van der Waals surface area contributed by atoms with Crippen LogP contribution in [0.2, 0.25) is 0 Å². The molecule has 3 rings (SSSR count). The summed E-state index contributed by atoms with van der Waals surface area (Å²) in [5.41, 5.74) is 3.47. The highest BCUT2D eigenvalue weighted by molar-refractivity contribution is 5.32. The number of methoxy groups -OCH3 is 1. The van der Waals surface area contributed by atoms with E-state index in [9.17, 15) is 5.11 Å². The second kappa shape index (κ2) is 5.68. The number of rotatable bonds is 5. The van der Waals surface area contributed by atoms with Crippen molar-refractivity contribution in [3.63, 3.8) is 0 Å². The van der Waals surface area contributed by atoms with E-state index in [-0.39, 0.29) is 0 Å². The maximum atomic E-state index is 10.3. The predicted molar refractivity (Wildman–Crippen MR) is 80.1 cm³/mol. The van der Waals surface area contributed by atoms with Crippen LogP contribution in [0.5, 0.6) is 5.75 Å². The molecule has 0 saturated heterocycles. The highest BCUT2D eigenvalue weighted by atomic mass is 16.5. The first-order valence-corrected chi connectivity index (χ1v) is 7.17. The number of ether oxygens (including phenoxy) is 1. The molecule has 1 N–H and O–H groups in total. The van der Waals surface area contributed by atoms with E-state index in [2.05, 4.69) is 24.3 Å². The second-order valence-electron chi connectivity index (χ2n) is 5.51. The third-order valence-corrected chi connectivity index (χ3v) is 3.93.